The zero-order valence-corrected chi connectivity index (χ0v) is 14.8. The molecule has 0 atom stereocenters. The second kappa shape index (κ2) is 8.16. The van der Waals surface area contributed by atoms with Crippen LogP contribution in [0, 0.1) is 0 Å². The van der Waals surface area contributed by atoms with E-state index < -0.39 is 0 Å². The number of phenolic OH excluding ortho intramolecular Hbond substituents is 1. The van der Waals surface area contributed by atoms with Gasteiger partial charge in [-0.25, -0.2) is 0 Å². The Bertz CT molecular complexity index is 705. The summed E-state index contributed by atoms with van der Waals surface area (Å²) in [5, 5.41) is 15.8. The van der Waals surface area contributed by atoms with Crippen molar-refractivity contribution >= 4 is 23.2 Å². The number of rotatable bonds is 5. The molecule has 2 aromatic rings. The molecule has 1 fully saturated rings. The molecule has 1 aliphatic heterocycles. The summed E-state index contributed by atoms with van der Waals surface area (Å²) in [5.74, 6) is 0.679. The number of nitrogens with one attached hydrogen (secondary N) is 1. The highest BCUT2D eigenvalue weighted by Crippen LogP contribution is 2.29. The minimum Gasteiger partial charge on any atom is -0.508 e. The first-order chi connectivity index (χ1) is 12.1. The van der Waals surface area contributed by atoms with Crippen LogP contribution < -0.4 is 5.32 Å². The van der Waals surface area contributed by atoms with E-state index in [9.17, 15) is 14.7 Å². The predicted molar refractivity (Wildman–Crippen MR) is 97.9 cm³/mol. The monoisotopic (exact) mass is 358 g/mol. The molecule has 1 aliphatic rings. The number of likely N-dealkylation sites (tertiary alicyclic amines) is 1. The van der Waals surface area contributed by atoms with E-state index >= 15 is 0 Å². The number of amides is 2. The third-order valence-electron chi connectivity index (χ3n) is 4.62. The number of benzene rings is 1. The number of piperidine rings is 1. The van der Waals surface area contributed by atoms with Crippen molar-refractivity contribution in [2.45, 2.75) is 25.2 Å². The summed E-state index contributed by atoms with van der Waals surface area (Å²) < 4.78 is 0. The van der Waals surface area contributed by atoms with Gasteiger partial charge in [0.15, 0.2) is 0 Å². The Labute approximate surface area is 151 Å². The maximum Gasteiger partial charge on any atom is 0.252 e. The van der Waals surface area contributed by atoms with E-state index in [0.29, 0.717) is 24.4 Å². The van der Waals surface area contributed by atoms with Crippen molar-refractivity contribution in [1.29, 1.82) is 0 Å². The molecule has 25 heavy (non-hydrogen) atoms. The summed E-state index contributed by atoms with van der Waals surface area (Å²) in [7, 11) is 0. The van der Waals surface area contributed by atoms with Gasteiger partial charge in [-0.2, -0.15) is 11.3 Å². The minimum atomic E-state index is -0.125. The highest BCUT2D eigenvalue weighted by Gasteiger charge is 2.23. The Morgan fingerprint density at radius 2 is 1.88 bits per heavy atom. The molecule has 1 aromatic heterocycles. The van der Waals surface area contributed by atoms with Crippen molar-refractivity contribution in [3.63, 3.8) is 0 Å². The summed E-state index contributed by atoms with van der Waals surface area (Å²) >= 11 is 1.48. The lowest BCUT2D eigenvalue weighted by atomic mass is 9.89. The van der Waals surface area contributed by atoms with E-state index in [1.54, 1.807) is 23.6 Å². The molecule has 132 valence electrons. The summed E-state index contributed by atoms with van der Waals surface area (Å²) in [6.07, 6.45) is 2.19. The average Bonchev–Trinajstić information content (AvgIpc) is 3.17. The predicted octanol–water partition coefficient (Wildman–Crippen LogP) is 2.98. The van der Waals surface area contributed by atoms with Crippen molar-refractivity contribution in [3.05, 3.63) is 52.2 Å². The molecule has 2 N–H and O–H groups in total. The maximum absolute atomic E-state index is 12.3. The van der Waals surface area contributed by atoms with Gasteiger partial charge in [-0.15, -0.1) is 0 Å². The summed E-state index contributed by atoms with van der Waals surface area (Å²) in [6, 6.07) is 9.11. The van der Waals surface area contributed by atoms with E-state index in [0.717, 1.165) is 25.9 Å². The Kier molecular flexibility index (Phi) is 5.71. The number of carbonyl (C=O) groups excluding carboxylic acids is 2. The summed E-state index contributed by atoms with van der Waals surface area (Å²) in [5.41, 5.74) is 1.86. The van der Waals surface area contributed by atoms with Gasteiger partial charge in [-0.1, -0.05) is 12.1 Å². The lowest BCUT2D eigenvalue weighted by Crippen LogP contribution is -2.39. The van der Waals surface area contributed by atoms with E-state index in [4.69, 9.17) is 0 Å². The zero-order chi connectivity index (χ0) is 17.6. The first kappa shape index (κ1) is 17.5. The summed E-state index contributed by atoms with van der Waals surface area (Å²) in [4.78, 5) is 26.0. The van der Waals surface area contributed by atoms with Crippen LogP contribution in [0.1, 0.15) is 41.1 Å². The van der Waals surface area contributed by atoms with Gasteiger partial charge in [0.2, 0.25) is 5.91 Å². The molecule has 0 unspecified atom stereocenters. The number of carbonyl (C=O) groups is 2. The highest BCUT2D eigenvalue weighted by atomic mass is 32.1. The number of phenols is 1. The first-order valence-electron chi connectivity index (χ1n) is 8.50. The Hall–Kier alpha value is -2.34. The fourth-order valence-electron chi connectivity index (χ4n) is 3.15. The van der Waals surface area contributed by atoms with E-state index in [1.165, 1.54) is 16.9 Å². The molecule has 1 saturated heterocycles. The quantitative estimate of drug-likeness (QED) is 0.863. The maximum atomic E-state index is 12.3. The van der Waals surface area contributed by atoms with Crippen LogP contribution in [0.2, 0.25) is 0 Å². The fraction of sp³-hybridized carbons (Fsp3) is 0.368. The van der Waals surface area contributed by atoms with Crippen LogP contribution in [0.15, 0.2) is 41.1 Å². The van der Waals surface area contributed by atoms with Gasteiger partial charge in [-0.05, 0) is 47.9 Å². The van der Waals surface area contributed by atoms with Crippen molar-refractivity contribution in [2.24, 2.45) is 0 Å². The molecule has 2 amide bonds. The normalized spacial score (nSPS) is 15.1. The van der Waals surface area contributed by atoms with Gasteiger partial charge in [0.25, 0.3) is 5.91 Å². The van der Waals surface area contributed by atoms with E-state index in [1.807, 2.05) is 22.4 Å². The number of aromatic hydroxyl groups is 1. The van der Waals surface area contributed by atoms with Crippen molar-refractivity contribution in [2.75, 3.05) is 19.6 Å². The number of thiophene rings is 1. The standard InChI is InChI=1S/C19H22N2O3S/c22-17-3-1-14(2-4-17)15-6-10-21(11-7-15)18(23)5-9-20-19(24)16-8-12-25-13-16/h1-4,8,12-13,15,22H,5-7,9-11H2,(H,20,24). The minimum absolute atomic E-state index is 0.0924. The van der Waals surface area contributed by atoms with Crippen molar-refractivity contribution < 1.29 is 14.7 Å². The van der Waals surface area contributed by atoms with E-state index in [2.05, 4.69) is 5.32 Å². The third-order valence-corrected chi connectivity index (χ3v) is 5.30. The van der Waals surface area contributed by atoms with Crippen molar-refractivity contribution in [3.8, 4) is 5.75 Å². The number of hydrogen-bond acceptors (Lipinski definition) is 4. The Morgan fingerprint density at radius 3 is 2.52 bits per heavy atom. The van der Waals surface area contributed by atoms with Gasteiger partial charge in [0, 0.05) is 37.0 Å². The molecule has 0 saturated carbocycles. The van der Waals surface area contributed by atoms with Crippen LogP contribution >= 0.6 is 11.3 Å². The van der Waals surface area contributed by atoms with E-state index in [-0.39, 0.29) is 17.6 Å². The highest BCUT2D eigenvalue weighted by molar-refractivity contribution is 7.08. The van der Waals surface area contributed by atoms with Gasteiger partial charge < -0.3 is 15.3 Å². The molecular weight excluding hydrogens is 336 g/mol. The molecule has 3 rings (SSSR count). The van der Waals surface area contributed by atoms with Crippen LogP contribution in [-0.2, 0) is 4.79 Å². The first-order valence-corrected chi connectivity index (χ1v) is 9.45. The van der Waals surface area contributed by atoms with Crippen LogP contribution in [0.25, 0.3) is 0 Å². The lowest BCUT2D eigenvalue weighted by Gasteiger charge is -2.32. The van der Waals surface area contributed by atoms with Gasteiger partial charge in [-0.3, -0.25) is 9.59 Å². The fourth-order valence-corrected chi connectivity index (χ4v) is 3.78. The largest absolute Gasteiger partial charge is 0.508 e. The van der Waals surface area contributed by atoms with Gasteiger partial charge in [0.1, 0.15) is 5.75 Å². The molecule has 6 heteroatoms. The van der Waals surface area contributed by atoms with Crippen LogP contribution in [0.4, 0.5) is 0 Å². The topological polar surface area (TPSA) is 69.6 Å². The summed E-state index contributed by atoms with van der Waals surface area (Å²) in [6.45, 7) is 1.84. The van der Waals surface area contributed by atoms with Crippen LogP contribution in [0.3, 0.4) is 0 Å². The zero-order valence-electron chi connectivity index (χ0n) is 14.0. The molecular formula is C19H22N2O3S. The van der Waals surface area contributed by atoms with Crippen molar-refractivity contribution in [1.82, 2.24) is 10.2 Å². The number of nitrogens with zero attached hydrogens (tertiary/aromatic N) is 1. The molecule has 5 nitrogen and oxygen atoms in total. The third kappa shape index (κ3) is 4.60. The number of hydrogen-bond donors (Lipinski definition) is 2. The molecule has 0 spiro atoms. The smallest absolute Gasteiger partial charge is 0.252 e. The average molecular weight is 358 g/mol. The molecule has 1 aromatic carbocycles. The van der Waals surface area contributed by atoms with Crippen LogP contribution in [0.5, 0.6) is 5.75 Å². The lowest BCUT2D eigenvalue weighted by molar-refractivity contribution is -0.132. The Balaban J connectivity index is 1.41. The molecule has 0 radical (unpaired) electrons. The second-order valence-corrected chi connectivity index (χ2v) is 7.04. The molecule has 0 bridgehead atoms. The van der Waals surface area contributed by atoms with Gasteiger partial charge >= 0.3 is 0 Å². The molecule has 2 heterocycles. The Morgan fingerprint density at radius 1 is 1.16 bits per heavy atom. The van der Waals surface area contributed by atoms with Gasteiger partial charge in [0.05, 0.1) is 0 Å². The SMILES string of the molecule is O=C(NCCC(=O)N1CCC(c2ccc(O)cc2)CC1)c1ccsc1. The van der Waals surface area contributed by atoms with Crippen LogP contribution in [-0.4, -0.2) is 41.5 Å². The molecule has 0 aliphatic carbocycles. The second-order valence-electron chi connectivity index (χ2n) is 6.26.